The Balaban J connectivity index is 1.22. The summed E-state index contributed by atoms with van der Waals surface area (Å²) in [6.45, 7) is 5.47. The molecule has 0 bridgehead atoms. The van der Waals surface area contributed by atoms with Crippen molar-refractivity contribution in [3.05, 3.63) is 79.1 Å². The third-order valence-electron chi connectivity index (χ3n) is 10.3. The van der Waals surface area contributed by atoms with Gasteiger partial charge in [-0.3, -0.25) is 23.9 Å². The minimum Gasteiger partial charge on any atom is -0.504 e. The maximum Gasteiger partial charge on any atom is 0.416 e. The number of aromatic hydroxyl groups is 1. The summed E-state index contributed by atoms with van der Waals surface area (Å²) in [7, 11) is 1.80. The highest BCUT2D eigenvalue weighted by Crippen LogP contribution is 2.39. The van der Waals surface area contributed by atoms with Gasteiger partial charge in [0.15, 0.2) is 17.3 Å². The molecule has 8 rings (SSSR count). The topological polar surface area (TPSA) is 163 Å². The SMILES string of the molecule is Cc1ncnc(C(=O)N2CCN(c3c4n(c5nc(-c6cc7c(s6)COCC7)nn5c3=O)[C@@H](C(=O)Nc3ccc(C(F)(F)F)cc3Cl)CN(C)[C@H]4C)CC2)c1O. The number of aromatic nitrogens is 6. The molecule has 20 heteroatoms. The molecule has 0 saturated carbocycles. The van der Waals surface area contributed by atoms with Crippen LogP contribution < -0.4 is 15.8 Å². The zero-order valence-corrected chi connectivity index (χ0v) is 31.3. The van der Waals surface area contributed by atoms with Crippen LogP contribution in [0.4, 0.5) is 24.5 Å². The zero-order valence-electron chi connectivity index (χ0n) is 29.7. The highest BCUT2D eigenvalue weighted by Gasteiger charge is 2.40. The second kappa shape index (κ2) is 13.9. The van der Waals surface area contributed by atoms with E-state index in [1.165, 1.54) is 27.1 Å². The number of thiophene rings is 1. The first-order valence-corrected chi connectivity index (χ1v) is 18.6. The van der Waals surface area contributed by atoms with Crippen molar-refractivity contribution in [2.45, 2.75) is 45.1 Å². The van der Waals surface area contributed by atoms with Crippen LogP contribution in [0.25, 0.3) is 16.5 Å². The number of nitrogens with zero attached hydrogens (tertiary/aromatic N) is 9. The Morgan fingerprint density at radius 2 is 1.89 bits per heavy atom. The average Bonchev–Trinajstić information content (AvgIpc) is 3.80. The van der Waals surface area contributed by atoms with Gasteiger partial charge in [0.25, 0.3) is 11.5 Å². The van der Waals surface area contributed by atoms with Gasteiger partial charge in [-0.05, 0) is 57.1 Å². The van der Waals surface area contributed by atoms with Gasteiger partial charge >= 0.3 is 6.18 Å². The number of ether oxygens (including phenoxy) is 1. The summed E-state index contributed by atoms with van der Waals surface area (Å²) in [4.78, 5) is 62.2. The van der Waals surface area contributed by atoms with Gasteiger partial charge in [-0.25, -0.2) is 9.97 Å². The van der Waals surface area contributed by atoms with Gasteiger partial charge in [0, 0.05) is 43.6 Å². The number of benzene rings is 1. The molecule has 288 valence electrons. The smallest absolute Gasteiger partial charge is 0.416 e. The standard InChI is InChI=1S/C35H34ClF3N10O5S/c1-17-29(50)26(41-16-40-17)32(52)47-9-7-46(8-10-47)28-27-18(2)45(3)14-23(31(51)42-22-5-4-20(13-21(22)36)35(37,38)39)48(27)34-43-30(44-49(34)33(28)53)24-12-19-6-11-54-15-25(19)55-24/h4-5,12-13,16,18,23,50H,6-11,14-15H2,1-3H3,(H,42,51)/t18-,23+/m0/s1. The van der Waals surface area contributed by atoms with Crippen LogP contribution in [0.1, 0.15) is 56.9 Å². The number of rotatable bonds is 5. The maximum absolute atomic E-state index is 14.7. The molecule has 1 aromatic carbocycles. The first-order valence-electron chi connectivity index (χ1n) is 17.4. The van der Waals surface area contributed by atoms with Crippen LogP contribution in [0.15, 0.2) is 35.4 Å². The normalized spacial score (nSPS) is 19.0. The van der Waals surface area contributed by atoms with E-state index in [4.69, 9.17) is 26.4 Å². The van der Waals surface area contributed by atoms with Crippen molar-refractivity contribution >= 4 is 51.9 Å². The Labute approximate surface area is 319 Å². The lowest BCUT2D eigenvalue weighted by molar-refractivity contribution is -0.137. The van der Waals surface area contributed by atoms with Crippen LogP contribution in [0.5, 0.6) is 5.75 Å². The molecule has 55 heavy (non-hydrogen) atoms. The summed E-state index contributed by atoms with van der Waals surface area (Å²) < 4.78 is 48.7. The van der Waals surface area contributed by atoms with Gasteiger partial charge in [-0.2, -0.15) is 22.7 Å². The van der Waals surface area contributed by atoms with E-state index in [0.717, 1.165) is 39.9 Å². The lowest BCUT2D eigenvalue weighted by atomic mass is 10.0. The number of anilines is 2. The molecule has 0 unspecified atom stereocenters. The minimum absolute atomic E-state index is 0.0148. The van der Waals surface area contributed by atoms with E-state index in [1.54, 1.807) is 18.5 Å². The lowest BCUT2D eigenvalue weighted by Gasteiger charge is -2.42. The molecule has 5 aromatic rings. The van der Waals surface area contributed by atoms with Crippen molar-refractivity contribution in [1.82, 2.24) is 38.9 Å². The molecule has 1 saturated heterocycles. The molecule has 15 nitrogen and oxygen atoms in total. The largest absolute Gasteiger partial charge is 0.504 e. The maximum atomic E-state index is 14.7. The van der Waals surface area contributed by atoms with Crippen molar-refractivity contribution in [2.75, 3.05) is 56.6 Å². The Morgan fingerprint density at radius 1 is 1.13 bits per heavy atom. The number of fused-ring (bicyclic) bond motifs is 4. The number of amides is 2. The highest BCUT2D eigenvalue weighted by molar-refractivity contribution is 7.15. The summed E-state index contributed by atoms with van der Waals surface area (Å²) in [5.41, 5.74) is 0.562. The van der Waals surface area contributed by atoms with E-state index in [-0.39, 0.29) is 77.9 Å². The molecule has 2 N–H and O–H groups in total. The highest BCUT2D eigenvalue weighted by atomic mass is 35.5. The van der Waals surface area contributed by atoms with Gasteiger partial charge in [0.1, 0.15) is 18.1 Å². The number of nitrogens with one attached hydrogen (secondary N) is 1. The van der Waals surface area contributed by atoms with Crippen molar-refractivity contribution in [1.29, 1.82) is 0 Å². The predicted octanol–water partition coefficient (Wildman–Crippen LogP) is 4.32. The average molecular weight is 799 g/mol. The Hall–Kier alpha value is -5.11. The van der Waals surface area contributed by atoms with Crippen LogP contribution >= 0.6 is 22.9 Å². The molecule has 0 radical (unpaired) electrons. The second-order valence-corrected chi connectivity index (χ2v) is 15.2. The summed E-state index contributed by atoms with van der Waals surface area (Å²) in [6.07, 6.45) is -2.69. The molecular formula is C35H34ClF3N10O5S. The van der Waals surface area contributed by atoms with Gasteiger partial charge in [-0.15, -0.1) is 16.4 Å². The van der Waals surface area contributed by atoms with Crippen LogP contribution in [0.3, 0.4) is 0 Å². The number of hydrogen-bond donors (Lipinski definition) is 2. The van der Waals surface area contributed by atoms with Crippen molar-refractivity contribution < 1.29 is 32.6 Å². The molecule has 2 atom stereocenters. The van der Waals surface area contributed by atoms with E-state index in [0.29, 0.717) is 18.9 Å². The summed E-state index contributed by atoms with van der Waals surface area (Å²) >= 11 is 7.72. The molecular weight excluding hydrogens is 765 g/mol. The Kier molecular flexibility index (Phi) is 9.30. The third kappa shape index (κ3) is 6.47. The van der Waals surface area contributed by atoms with Gasteiger partial charge in [0.2, 0.25) is 11.7 Å². The summed E-state index contributed by atoms with van der Waals surface area (Å²) in [5, 5.41) is 17.6. The van der Waals surface area contributed by atoms with Crippen molar-refractivity contribution in [2.24, 2.45) is 0 Å². The minimum atomic E-state index is -4.63. The fraction of sp³-hybridized carbons (Fsp3) is 0.400. The van der Waals surface area contributed by atoms with E-state index >= 15 is 0 Å². The van der Waals surface area contributed by atoms with Crippen LogP contribution in [-0.4, -0.2) is 102 Å². The van der Waals surface area contributed by atoms with Crippen LogP contribution in [-0.2, 0) is 28.7 Å². The number of carbonyl (C=O) groups excluding carboxylic acids is 2. The summed E-state index contributed by atoms with van der Waals surface area (Å²) in [6, 6.07) is 3.23. The number of halogens is 4. The van der Waals surface area contributed by atoms with E-state index < -0.39 is 41.2 Å². The summed E-state index contributed by atoms with van der Waals surface area (Å²) in [5.74, 6) is -0.971. The fourth-order valence-electron chi connectivity index (χ4n) is 7.23. The molecule has 3 aliphatic heterocycles. The predicted molar refractivity (Wildman–Crippen MR) is 196 cm³/mol. The first kappa shape index (κ1) is 36.8. The molecule has 0 spiro atoms. The molecule has 2 amide bonds. The molecule has 3 aliphatic rings. The van der Waals surface area contributed by atoms with Crippen LogP contribution in [0, 0.1) is 6.92 Å². The molecule has 0 aliphatic carbocycles. The number of alkyl halides is 3. The second-order valence-electron chi connectivity index (χ2n) is 13.7. The number of aryl methyl sites for hydroxylation is 1. The fourth-order valence-corrected chi connectivity index (χ4v) is 8.54. The van der Waals surface area contributed by atoms with E-state index in [2.05, 4.69) is 15.3 Å². The Morgan fingerprint density at radius 3 is 2.60 bits per heavy atom. The number of carbonyl (C=O) groups is 2. The number of likely N-dealkylation sites (N-methyl/N-ethyl adjacent to an activating group) is 1. The first-order chi connectivity index (χ1) is 26.2. The van der Waals surface area contributed by atoms with E-state index in [1.807, 2.05) is 22.8 Å². The van der Waals surface area contributed by atoms with E-state index in [9.17, 15) is 32.7 Å². The molecule has 7 heterocycles. The van der Waals surface area contributed by atoms with Crippen LogP contribution in [0.2, 0.25) is 5.02 Å². The van der Waals surface area contributed by atoms with Crippen molar-refractivity contribution in [3.63, 3.8) is 0 Å². The van der Waals surface area contributed by atoms with Gasteiger partial charge < -0.3 is 25.0 Å². The van der Waals surface area contributed by atoms with Crippen molar-refractivity contribution in [3.8, 4) is 16.5 Å². The number of hydrogen-bond acceptors (Lipinski definition) is 12. The van der Waals surface area contributed by atoms with Gasteiger partial charge in [0.05, 0.1) is 45.8 Å². The lowest BCUT2D eigenvalue weighted by Crippen LogP contribution is -2.52. The molecule has 1 fully saturated rings. The monoisotopic (exact) mass is 798 g/mol. The third-order valence-corrected chi connectivity index (χ3v) is 11.8. The number of piperazine rings is 1. The zero-order chi connectivity index (χ0) is 38.9. The quantitative estimate of drug-likeness (QED) is 0.261. The van der Waals surface area contributed by atoms with Gasteiger partial charge in [-0.1, -0.05) is 11.6 Å². The molecule has 4 aromatic heterocycles. The Bertz CT molecular complexity index is 2400.